The molecule has 0 spiro atoms. The lowest BCUT2D eigenvalue weighted by atomic mass is 10.1. The number of nitro benzene ring substituents is 1. The second-order valence-electron chi connectivity index (χ2n) is 9.52. The molecule has 0 radical (unpaired) electrons. The molecule has 3 atom stereocenters. The van der Waals surface area contributed by atoms with Crippen LogP contribution in [-0.2, 0) is 19.1 Å². The minimum absolute atomic E-state index is 0.139. The van der Waals surface area contributed by atoms with Gasteiger partial charge in [0.25, 0.3) is 5.69 Å². The Hall–Kier alpha value is -4.00. The molecule has 0 saturated carbocycles. The van der Waals surface area contributed by atoms with Crippen LogP contribution < -0.4 is 10.1 Å². The van der Waals surface area contributed by atoms with Crippen LogP contribution in [0.2, 0.25) is 0 Å². The molecule has 2 amide bonds. The van der Waals surface area contributed by atoms with Crippen LogP contribution in [0, 0.1) is 10.1 Å². The van der Waals surface area contributed by atoms with Crippen LogP contribution in [0.4, 0.5) is 10.5 Å². The molecule has 1 aromatic carbocycles. The molecule has 200 valence electrons. The Kier molecular flexibility index (Phi) is 8.48. The van der Waals surface area contributed by atoms with E-state index < -0.39 is 53.5 Å². The molecular weight excluding hydrogens is 488 g/mol. The summed E-state index contributed by atoms with van der Waals surface area (Å²) in [6.45, 7) is 6.05. The molecule has 1 aliphatic heterocycles. The van der Waals surface area contributed by atoms with Gasteiger partial charge in [0, 0.05) is 18.8 Å². The van der Waals surface area contributed by atoms with E-state index in [2.05, 4.69) is 10.3 Å². The van der Waals surface area contributed by atoms with Crippen molar-refractivity contribution in [3.05, 3.63) is 40.6 Å². The summed E-state index contributed by atoms with van der Waals surface area (Å²) in [6, 6.07) is 3.46. The third-order valence-electron chi connectivity index (χ3n) is 5.55. The number of nitro groups is 1. The monoisotopic (exact) mass is 518 g/mol. The fourth-order valence-corrected chi connectivity index (χ4v) is 3.93. The molecule has 0 bridgehead atoms. The number of amides is 2. The number of pyridine rings is 1. The fraction of sp³-hybridized carbons (Fsp3) is 0.500. The summed E-state index contributed by atoms with van der Waals surface area (Å²) < 4.78 is 15.9. The van der Waals surface area contributed by atoms with Crippen LogP contribution in [0.15, 0.2) is 30.5 Å². The van der Waals surface area contributed by atoms with E-state index >= 15 is 0 Å². The van der Waals surface area contributed by atoms with Crippen LogP contribution in [0.3, 0.4) is 0 Å². The second kappa shape index (κ2) is 11.4. The smallest absolute Gasteiger partial charge is 0.408 e. The van der Waals surface area contributed by atoms with Gasteiger partial charge in [0.05, 0.1) is 16.4 Å². The largest absolute Gasteiger partial charge is 0.455 e. The number of carbonyl (C=O) groups excluding carboxylic acids is 3. The highest BCUT2D eigenvalue weighted by atomic mass is 16.7. The summed E-state index contributed by atoms with van der Waals surface area (Å²) >= 11 is 0. The molecule has 2 heterocycles. The van der Waals surface area contributed by atoms with Gasteiger partial charge in [-0.25, -0.2) is 9.59 Å². The van der Waals surface area contributed by atoms with E-state index in [0.29, 0.717) is 12.8 Å². The number of aliphatic hydroxyl groups is 1. The first kappa shape index (κ1) is 27.6. The minimum atomic E-state index is -1.32. The molecule has 1 aliphatic rings. The molecule has 13 nitrogen and oxygen atoms in total. The first-order chi connectivity index (χ1) is 17.4. The maximum atomic E-state index is 13.1. The Morgan fingerprint density at radius 1 is 1.30 bits per heavy atom. The number of aliphatic hydroxyl groups excluding tert-OH is 1. The normalized spacial score (nSPS) is 17.1. The number of fused-ring (bicyclic) bond motifs is 1. The Bertz CT molecular complexity index is 1180. The number of esters is 1. The standard InChI is InChI=1S/C24H30N4O9/c1-14(29)19(26-23(32)37-24(2,3)4)21(30)27-12-6-8-17(27)22(31)36-13-35-18-10-9-16(28(33)34)15-7-5-11-25-20(15)18/h5,7,9-11,14,17,19,29H,6,8,12-13H2,1-4H3,(H,26,32). The average Bonchev–Trinajstić information content (AvgIpc) is 3.31. The van der Waals surface area contributed by atoms with Crippen molar-refractivity contribution in [2.75, 3.05) is 13.3 Å². The van der Waals surface area contributed by atoms with E-state index in [1.807, 2.05) is 0 Å². The number of carbonyl (C=O) groups is 3. The van der Waals surface area contributed by atoms with Crippen LogP contribution in [-0.4, -0.2) is 75.0 Å². The molecule has 13 heteroatoms. The fourth-order valence-electron chi connectivity index (χ4n) is 3.93. The van der Waals surface area contributed by atoms with E-state index in [4.69, 9.17) is 14.2 Å². The van der Waals surface area contributed by atoms with Gasteiger partial charge >= 0.3 is 12.1 Å². The Labute approximate surface area is 212 Å². The molecule has 0 aliphatic carbocycles. The number of hydrogen-bond donors (Lipinski definition) is 2. The highest BCUT2D eigenvalue weighted by molar-refractivity contribution is 5.92. The number of likely N-dealkylation sites (tertiary alicyclic amines) is 1. The number of alkyl carbamates (subject to hydrolysis) is 1. The topological polar surface area (TPSA) is 170 Å². The first-order valence-electron chi connectivity index (χ1n) is 11.7. The molecule has 1 saturated heterocycles. The van der Waals surface area contributed by atoms with Gasteiger partial charge in [-0.3, -0.25) is 19.9 Å². The van der Waals surface area contributed by atoms with E-state index in [9.17, 15) is 29.6 Å². The third kappa shape index (κ3) is 6.82. The summed E-state index contributed by atoms with van der Waals surface area (Å²) in [6.07, 6.45) is 0.177. The van der Waals surface area contributed by atoms with E-state index in [1.165, 1.54) is 36.2 Å². The van der Waals surface area contributed by atoms with E-state index in [0.717, 1.165) is 0 Å². The number of ether oxygens (including phenoxy) is 3. The molecule has 3 unspecified atom stereocenters. The zero-order valence-corrected chi connectivity index (χ0v) is 21.0. The van der Waals surface area contributed by atoms with Crippen molar-refractivity contribution in [1.82, 2.24) is 15.2 Å². The van der Waals surface area contributed by atoms with Crippen LogP contribution in [0.1, 0.15) is 40.5 Å². The lowest BCUT2D eigenvalue weighted by Crippen LogP contribution is -2.56. The maximum Gasteiger partial charge on any atom is 0.408 e. The summed E-state index contributed by atoms with van der Waals surface area (Å²) in [5.74, 6) is -1.19. The Morgan fingerprint density at radius 3 is 2.68 bits per heavy atom. The molecule has 37 heavy (non-hydrogen) atoms. The van der Waals surface area contributed by atoms with E-state index in [-0.39, 0.29) is 28.9 Å². The van der Waals surface area contributed by atoms with Gasteiger partial charge in [-0.1, -0.05) is 0 Å². The van der Waals surface area contributed by atoms with Gasteiger partial charge in [0.15, 0.2) is 0 Å². The van der Waals surface area contributed by atoms with Gasteiger partial charge in [-0.2, -0.15) is 0 Å². The van der Waals surface area contributed by atoms with Crippen LogP contribution in [0.25, 0.3) is 10.9 Å². The van der Waals surface area contributed by atoms with Crippen molar-refractivity contribution in [2.24, 2.45) is 0 Å². The minimum Gasteiger partial charge on any atom is -0.455 e. The predicted molar refractivity (Wildman–Crippen MR) is 130 cm³/mol. The van der Waals surface area contributed by atoms with Crippen molar-refractivity contribution in [3.8, 4) is 5.75 Å². The zero-order valence-electron chi connectivity index (χ0n) is 21.0. The predicted octanol–water partition coefficient (Wildman–Crippen LogP) is 2.29. The van der Waals surface area contributed by atoms with Gasteiger partial charge in [-0.15, -0.1) is 0 Å². The molecule has 3 rings (SSSR count). The van der Waals surface area contributed by atoms with Crippen molar-refractivity contribution in [3.63, 3.8) is 0 Å². The lowest BCUT2D eigenvalue weighted by molar-refractivity contribution is -0.383. The average molecular weight is 519 g/mol. The van der Waals surface area contributed by atoms with E-state index in [1.54, 1.807) is 26.8 Å². The van der Waals surface area contributed by atoms with Crippen molar-refractivity contribution in [2.45, 2.75) is 64.3 Å². The highest BCUT2D eigenvalue weighted by Crippen LogP contribution is 2.31. The lowest BCUT2D eigenvalue weighted by Gasteiger charge is -2.30. The number of non-ortho nitro benzene ring substituents is 1. The zero-order chi connectivity index (χ0) is 27.3. The molecule has 1 fully saturated rings. The van der Waals surface area contributed by atoms with Gasteiger partial charge in [-0.05, 0) is 58.7 Å². The SMILES string of the molecule is CC(O)C(NC(=O)OC(C)(C)C)C(=O)N1CCCC1C(=O)OCOc1ccc([N+](=O)[O-])c2cccnc12. The first-order valence-corrected chi connectivity index (χ1v) is 11.7. The molecular formula is C24H30N4O9. The van der Waals surface area contributed by atoms with Gasteiger partial charge < -0.3 is 29.5 Å². The second-order valence-corrected chi connectivity index (χ2v) is 9.52. The summed E-state index contributed by atoms with van der Waals surface area (Å²) in [4.78, 5) is 54.2. The number of benzene rings is 1. The van der Waals surface area contributed by atoms with Gasteiger partial charge in [0.2, 0.25) is 12.7 Å². The Balaban J connectivity index is 1.64. The van der Waals surface area contributed by atoms with Crippen molar-refractivity contribution < 1.29 is 38.6 Å². The molecule has 2 aromatic rings. The quantitative estimate of drug-likeness (QED) is 0.229. The number of aromatic nitrogens is 1. The summed E-state index contributed by atoms with van der Waals surface area (Å²) in [5.41, 5.74) is -0.709. The summed E-state index contributed by atoms with van der Waals surface area (Å²) in [7, 11) is 0. The molecule has 1 aromatic heterocycles. The molecule has 2 N–H and O–H groups in total. The number of nitrogens with one attached hydrogen (secondary N) is 1. The maximum absolute atomic E-state index is 13.1. The summed E-state index contributed by atoms with van der Waals surface area (Å²) in [5, 5.41) is 24.0. The van der Waals surface area contributed by atoms with Crippen molar-refractivity contribution in [1.29, 1.82) is 0 Å². The van der Waals surface area contributed by atoms with Crippen molar-refractivity contribution >= 4 is 34.6 Å². The Morgan fingerprint density at radius 2 is 2.03 bits per heavy atom. The van der Waals surface area contributed by atoms with Crippen LogP contribution in [0.5, 0.6) is 5.75 Å². The van der Waals surface area contributed by atoms with Crippen LogP contribution >= 0.6 is 0 Å². The third-order valence-corrected chi connectivity index (χ3v) is 5.55. The number of nitrogens with zero attached hydrogens (tertiary/aromatic N) is 3. The van der Waals surface area contributed by atoms with Gasteiger partial charge in [0.1, 0.15) is 29.0 Å². The highest BCUT2D eigenvalue weighted by Gasteiger charge is 2.40. The number of hydrogen-bond acceptors (Lipinski definition) is 10. The number of rotatable bonds is 8.